The second-order valence-electron chi connectivity index (χ2n) is 5.82. The van der Waals surface area contributed by atoms with Crippen molar-refractivity contribution >= 4 is 34.3 Å². The Morgan fingerprint density at radius 3 is 2.88 bits per heavy atom. The number of hydrogen-bond acceptors (Lipinski definition) is 6. The van der Waals surface area contributed by atoms with E-state index in [2.05, 4.69) is 25.7 Å². The van der Waals surface area contributed by atoms with Gasteiger partial charge in [-0.2, -0.15) is 5.10 Å². The first-order valence-corrected chi connectivity index (χ1v) is 8.18. The van der Waals surface area contributed by atoms with Crippen LogP contribution >= 0.6 is 11.6 Å². The lowest BCUT2D eigenvalue weighted by Crippen LogP contribution is -2.07. The van der Waals surface area contributed by atoms with Crippen molar-refractivity contribution in [3.63, 3.8) is 0 Å². The molecule has 0 radical (unpaired) electrons. The average Bonchev–Trinajstić information content (AvgIpc) is 3.24. The zero-order valence-electron chi connectivity index (χ0n) is 13.6. The van der Waals surface area contributed by atoms with Crippen molar-refractivity contribution in [3.8, 4) is 11.5 Å². The number of benzene rings is 2. The number of H-pyrrole nitrogens is 1. The van der Waals surface area contributed by atoms with Crippen LogP contribution in [-0.2, 0) is 0 Å². The molecule has 4 aromatic rings. The van der Waals surface area contributed by atoms with Gasteiger partial charge < -0.3 is 15.5 Å². The van der Waals surface area contributed by atoms with Crippen LogP contribution in [0.4, 0.5) is 16.2 Å². The number of nitrogens with two attached hydrogens (primary N) is 1. The summed E-state index contributed by atoms with van der Waals surface area (Å²) in [7, 11) is 0. The largest absolute Gasteiger partial charge is 0.403 e. The molecule has 0 saturated carbocycles. The Morgan fingerprint density at radius 2 is 2.08 bits per heavy atom. The standard InChI is InChI=1S/C17H14ClFN6O/c1-8(9-2-4-13(19)12(18)7-9)21-17-25-24-16(26-17)10-3-5-14-11(6-10)15(20)23-22-14/h2-8H,1H3,(H,21,25)(H3,20,22,23)/t8-/m0/s1. The van der Waals surface area contributed by atoms with Gasteiger partial charge in [-0.15, -0.1) is 5.10 Å². The third kappa shape index (κ3) is 2.95. The van der Waals surface area contributed by atoms with Crippen LogP contribution in [-0.4, -0.2) is 20.4 Å². The number of halogens is 2. The molecule has 0 fully saturated rings. The predicted octanol–water partition coefficient (Wildman–Crippen LogP) is 4.16. The third-order valence-corrected chi connectivity index (χ3v) is 4.34. The molecule has 132 valence electrons. The number of nitrogens with one attached hydrogen (secondary N) is 2. The van der Waals surface area contributed by atoms with Crippen LogP contribution in [0, 0.1) is 5.82 Å². The molecule has 2 aromatic heterocycles. The number of aromatic nitrogens is 4. The fourth-order valence-corrected chi connectivity index (χ4v) is 2.80. The van der Waals surface area contributed by atoms with E-state index >= 15 is 0 Å². The smallest absolute Gasteiger partial charge is 0.316 e. The van der Waals surface area contributed by atoms with Crippen molar-refractivity contribution in [2.24, 2.45) is 0 Å². The van der Waals surface area contributed by atoms with E-state index < -0.39 is 5.82 Å². The van der Waals surface area contributed by atoms with Crippen molar-refractivity contribution in [1.29, 1.82) is 0 Å². The number of fused-ring (bicyclic) bond motifs is 1. The minimum absolute atomic E-state index is 0.0633. The molecule has 0 aliphatic carbocycles. The molecule has 0 aliphatic heterocycles. The van der Waals surface area contributed by atoms with Gasteiger partial charge in [0.2, 0.25) is 5.89 Å². The Labute approximate surface area is 152 Å². The Morgan fingerprint density at radius 1 is 1.23 bits per heavy atom. The number of nitrogens with zero attached hydrogens (tertiary/aromatic N) is 3. The summed E-state index contributed by atoms with van der Waals surface area (Å²) in [6.45, 7) is 1.88. The van der Waals surface area contributed by atoms with Crippen molar-refractivity contribution in [2.75, 3.05) is 11.1 Å². The topological polar surface area (TPSA) is 106 Å². The number of hydrogen-bond donors (Lipinski definition) is 3. The number of nitrogen functional groups attached to an aromatic ring is 1. The Balaban J connectivity index is 1.56. The Bertz CT molecular complexity index is 1090. The van der Waals surface area contributed by atoms with Gasteiger partial charge in [-0.25, -0.2) is 4.39 Å². The summed E-state index contributed by atoms with van der Waals surface area (Å²) >= 11 is 5.82. The highest BCUT2D eigenvalue weighted by Gasteiger charge is 2.14. The Hall–Kier alpha value is -3.13. The summed E-state index contributed by atoms with van der Waals surface area (Å²) in [6, 6.07) is 10.1. The SMILES string of the molecule is C[C@H](Nc1nnc(-c2ccc3[nH]nc(N)c3c2)o1)c1ccc(F)c(Cl)c1. The molecule has 1 atom stereocenters. The van der Waals surface area contributed by atoms with Gasteiger partial charge in [-0.1, -0.05) is 22.8 Å². The molecule has 9 heteroatoms. The molecule has 0 spiro atoms. The minimum Gasteiger partial charge on any atom is -0.403 e. The highest BCUT2D eigenvalue weighted by molar-refractivity contribution is 6.30. The van der Waals surface area contributed by atoms with Gasteiger partial charge in [-0.05, 0) is 42.8 Å². The normalized spacial score (nSPS) is 12.4. The Kier molecular flexibility index (Phi) is 3.96. The van der Waals surface area contributed by atoms with Gasteiger partial charge in [0.05, 0.1) is 16.6 Å². The maximum atomic E-state index is 13.3. The molecule has 2 heterocycles. The summed E-state index contributed by atoms with van der Waals surface area (Å²) in [5.74, 6) is 0.289. The van der Waals surface area contributed by atoms with E-state index in [0.717, 1.165) is 22.0 Å². The fourth-order valence-electron chi connectivity index (χ4n) is 2.62. The first-order valence-electron chi connectivity index (χ1n) is 7.80. The van der Waals surface area contributed by atoms with Gasteiger partial charge in [0.25, 0.3) is 0 Å². The second-order valence-corrected chi connectivity index (χ2v) is 6.23. The van der Waals surface area contributed by atoms with E-state index in [9.17, 15) is 4.39 Å². The average molecular weight is 373 g/mol. The van der Waals surface area contributed by atoms with Crippen molar-refractivity contribution in [1.82, 2.24) is 20.4 Å². The maximum absolute atomic E-state index is 13.3. The van der Waals surface area contributed by atoms with Crippen LogP contribution in [0.15, 0.2) is 40.8 Å². The molecule has 7 nitrogen and oxygen atoms in total. The fraction of sp³-hybridized carbons (Fsp3) is 0.118. The molecule has 0 bridgehead atoms. The van der Waals surface area contributed by atoms with E-state index in [1.54, 1.807) is 12.1 Å². The molecule has 4 N–H and O–H groups in total. The predicted molar refractivity (Wildman–Crippen MR) is 97.2 cm³/mol. The molecular weight excluding hydrogens is 359 g/mol. The molecule has 0 aliphatic rings. The molecule has 26 heavy (non-hydrogen) atoms. The first-order chi connectivity index (χ1) is 12.5. The molecule has 0 unspecified atom stereocenters. The second kappa shape index (κ2) is 6.30. The van der Waals surface area contributed by atoms with Crippen LogP contribution in [0.3, 0.4) is 0 Å². The van der Waals surface area contributed by atoms with Gasteiger partial charge >= 0.3 is 6.01 Å². The van der Waals surface area contributed by atoms with E-state index in [1.165, 1.54) is 6.07 Å². The highest BCUT2D eigenvalue weighted by Crippen LogP contribution is 2.28. The van der Waals surface area contributed by atoms with Crippen LogP contribution in [0.2, 0.25) is 5.02 Å². The van der Waals surface area contributed by atoms with Crippen molar-refractivity contribution in [2.45, 2.75) is 13.0 Å². The molecule has 2 aromatic carbocycles. The molecule has 0 amide bonds. The van der Waals surface area contributed by atoms with Crippen LogP contribution in [0.1, 0.15) is 18.5 Å². The summed E-state index contributed by atoms with van der Waals surface area (Å²) < 4.78 is 19.0. The van der Waals surface area contributed by atoms with Crippen molar-refractivity contribution in [3.05, 3.63) is 52.8 Å². The summed E-state index contributed by atoms with van der Waals surface area (Å²) in [6.07, 6.45) is 0. The lowest BCUT2D eigenvalue weighted by molar-refractivity contribution is 0.573. The van der Waals surface area contributed by atoms with Crippen LogP contribution in [0.25, 0.3) is 22.4 Å². The monoisotopic (exact) mass is 372 g/mol. The lowest BCUT2D eigenvalue weighted by atomic mass is 10.1. The van der Waals surface area contributed by atoms with E-state index in [-0.39, 0.29) is 17.1 Å². The van der Waals surface area contributed by atoms with Crippen molar-refractivity contribution < 1.29 is 8.81 Å². The summed E-state index contributed by atoms with van der Waals surface area (Å²) in [4.78, 5) is 0. The quantitative estimate of drug-likeness (QED) is 0.496. The van der Waals surface area contributed by atoms with E-state index in [4.69, 9.17) is 21.8 Å². The van der Waals surface area contributed by atoms with Crippen LogP contribution in [0.5, 0.6) is 0 Å². The lowest BCUT2D eigenvalue weighted by Gasteiger charge is -2.12. The van der Waals surface area contributed by atoms with Crippen LogP contribution < -0.4 is 11.1 Å². The molecule has 4 rings (SSSR count). The molecular formula is C17H14ClFN6O. The zero-order chi connectivity index (χ0) is 18.3. The highest BCUT2D eigenvalue weighted by atomic mass is 35.5. The third-order valence-electron chi connectivity index (χ3n) is 4.05. The minimum atomic E-state index is -0.461. The first kappa shape index (κ1) is 16.3. The van der Waals surface area contributed by atoms with Gasteiger partial charge in [0.1, 0.15) is 5.82 Å². The maximum Gasteiger partial charge on any atom is 0.316 e. The van der Waals surface area contributed by atoms with Gasteiger partial charge in [0.15, 0.2) is 5.82 Å². The van der Waals surface area contributed by atoms with E-state index in [0.29, 0.717) is 11.7 Å². The number of rotatable bonds is 4. The molecule has 0 saturated heterocycles. The van der Waals surface area contributed by atoms with E-state index in [1.807, 2.05) is 25.1 Å². The van der Waals surface area contributed by atoms with Gasteiger partial charge in [0, 0.05) is 10.9 Å². The number of aromatic amines is 1. The summed E-state index contributed by atoms with van der Waals surface area (Å²) in [5, 5.41) is 18.8. The number of anilines is 2. The zero-order valence-corrected chi connectivity index (χ0v) is 14.4. The van der Waals surface area contributed by atoms with Gasteiger partial charge in [-0.3, -0.25) is 5.10 Å². The summed E-state index contributed by atoms with van der Waals surface area (Å²) in [5.41, 5.74) is 8.17.